The molecule has 0 aliphatic heterocycles. The van der Waals surface area contributed by atoms with Crippen LogP contribution in [0.25, 0.3) is 0 Å². The van der Waals surface area contributed by atoms with Crippen molar-refractivity contribution in [2.45, 2.75) is 17.2 Å². The zero-order valence-corrected chi connectivity index (χ0v) is 14.9. The lowest BCUT2D eigenvalue weighted by atomic mass is 9.83. The third-order valence-electron chi connectivity index (χ3n) is 4.39. The highest BCUT2D eigenvalue weighted by Gasteiger charge is 2.37. The van der Waals surface area contributed by atoms with Crippen molar-refractivity contribution in [3.8, 4) is 0 Å². The monoisotopic (exact) mass is 414 g/mol. The van der Waals surface area contributed by atoms with Gasteiger partial charge in [0.05, 0.1) is 11.1 Å². The molecular formula is C21H13ClF6. The Hall–Kier alpha value is -2.47. The zero-order chi connectivity index (χ0) is 20.6. The summed E-state index contributed by atoms with van der Waals surface area (Å²) in [6, 6.07) is 17.0. The maximum Gasteiger partial charge on any atom is 0.416 e. The van der Waals surface area contributed by atoms with Gasteiger partial charge < -0.3 is 0 Å². The van der Waals surface area contributed by atoms with Crippen LogP contribution in [0.4, 0.5) is 26.3 Å². The molecule has 0 amide bonds. The van der Waals surface area contributed by atoms with Crippen molar-refractivity contribution in [2.75, 3.05) is 0 Å². The van der Waals surface area contributed by atoms with Crippen molar-refractivity contribution < 1.29 is 26.3 Å². The molecule has 3 aromatic rings. The van der Waals surface area contributed by atoms with Crippen LogP contribution in [0.5, 0.6) is 0 Å². The Balaban J connectivity index is 2.14. The van der Waals surface area contributed by atoms with Gasteiger partial charge in [0.25, 0.3) is 0 Å². The van der Waals surface area contributed by atoms with Gasteiger partial charge in [-0.05, 0) is 41.0 Å². The first kappa shape index (κ1) is 20.3. The molecule has 146 valence electrons. The largest absolute Gasteiger partial charge is 0.416 e. The molecule has 0 atom stereocenters. The van der Waals surface area contributed by atoms with Crippen LogP contribution in [0.15, 0.2) is 78.9 Å². The first-order valence-corrected chi connectivity index (χ1v) is 8.50. The van der Waals surface area contributed by atoms with Gasteiger partial charge in [-0.3, -0.25) is 0 Å². The minimum absolute atomic E-state index is 0.313. The van der Waals surface area contributed by atoms with Crippen molar-refractivity contribution in [3.63, 3.8) is 0 Å². The molecule has 0 spiro atoms. The average molecular weight is 415 g/mol. The van der Waals surface area contributed by atoms with Gasteiger partial charge in [-0.15, -0.1) is 11.6 Å². The van der Waals surface area contributed by atoms with E-state index in [4.69, 9.17) is 11.6 Å². The Bertz CT molecular complexity index is 868. The SMILES string of the molecule is FC(F)(F)c1ccc(C(Cl)(c2ccccc2)c2ccc(C(F)(F)F)cc2)cc1. The first-order chi connectivity index (χ1) is 13.0. The van der Waals surface area contributed by atoms with Gasteiger partial charge in [-0.1, -0.05) is 54.6 Å². The van der Waals surface area contributed by atoms with Crippen molar-refractivity contribution in [2.24, 2.45) is 0 Å². The van der Waals surface area contributed by atoms with Crippen molar-refractivity contribution in [1.29, 1.82) is 0 Å². The van der Waals surface area contributed by atoms with E-state index < -0.39 is 28.4 Å². The summed E-state index contributed by atoms with van der Waals surface area (Å²) in [4.78, 5) is -1.45. The lowest BCUT2D eigenvalue weighted by molar-refractivity contribution is -0.138. The summed E-state index contributed by atoms with van der Waals surface area (Å²) in [6.45, 7) is 0. The summed E-state index contributed by atoms with van der Waals surface area (Å²) in [6.07, 6.45) is -9.01. The zero-order valence-electron chi connectivity index (χ0n) is 14.2. The predicted molar refractivity (Wildman–Crippen MR) is 95.1 cm³/mol. The standard InChI is InChI=1S/C21H13ClF6/c22-19(14-4-2-1-3-5-14,15-6-10-17(11-7-15)20(23,24)25)16-8-12-18(13-9-16)21(26,27)28/h1-13H. The predicted octanol–water partition coefficient (Wildman–Crippen LogP) is 7.25. The number of alkyl halides is 7. The normalized spacial score (nSPS) is 12.8. The molecule has 3 rings (SSSR count). The van der Waals surface area contributed by atoms with Gasteiger partial charge in [-0.2, -0.15) is 26.3 Å². The lowest BCUT2D eigenvalue weighted by Gasteiger charge is -2.29. The number of benzene rings is 3. The fourth-order valence-electron chi connectivity index (χ4n) is 2.95. The van der Waals surface area contributed by atoms with E-state index in [2.05, 4.69) is 0 Å². The molecule has 7 heteroatoms. The number of hydrogen-bond acceptors (Lipinski definition) is 0. The van der Waals surface area contributed by atoms with E-state index in [1.54, 1.807) is 30.3 Å². The Labute approximate surface area is 162 Å². The van der Waals surface area contributed by atoms with E-state index in [1.807, 2.05) is 0 Å². The van der Waals surface area contributed by atoms with Gasteiger partial charge in [0.1, 0.15) is 4.87 Å². The molecule has 0 radical (unpaired) electrons. The molecule has 0 N–H and O–H groups in total. The van der Waals surface area contributed by atoms with Crippen molar-refractivity contribution in [1.82, 2.24) is 0 Å². The average Bonchev–Trinajstić information content (AvgIpc) is 2.67. The first-order valence-electron chi connectivity index (χ1n) is 8.13. The molecule has 0 bridgehead atoms. The smallest absolute Gasteiger partial charge is 0.166 e. The highest BCUT2D eigenvalue weighted by molar-refractivity contribution is 6.28. The summed E-state index contributed by atoms with van der Waals surface area (Å²) >= 11 is 6.89. The minimum atomic E-state index is -4.51. The summed E-state index contributed by atoms with van der Waals surface area (Å²) in [5, 5.41) is 0. The second-order valence-electron chi connectivity index (χ2n) is 6.17. The van der Waals surface area contributed by atoms with E-state index in [9.17, 15) is 26.3 Å². The number of halogens is 7. The van der Waals surface area contributed by atoms with Crippen molar-refractivity contribution in [3.05, 3.63) is 107 Å². The molecule has 0 unspecified atom stereocenters. The molecule has 28 heavy (non-hydrogen) atoms. The van der Waals surface area contributed by atoms with Crippen LogP contribution in [0, 0.1) is 0 Å². The lowest BCUT2D eigenvalue weighted by Crippen LogP contribution is -2.23. The quantitative estimate of drug-likeness (QED) is 0.240. The van der Waals surface area contributed by atoms with Gasteiger partial charge >= 0.3 is 12.4 Å². The summed E-state index contributed by atoms with van der Waals surface area (Å²) in [7, 11) is 0. The van der Waals surface area contributed by atoms with Crippen LogP contribution in [-0.4, -0.2) is 0 Å². The minimum Gasteiger partial charge on any atom is -0.166 e. The Morgan fingerprint density at radius 3 is 1.04 bits per heavy atom. The van der Waals surface area contributed by atoms with Crippen LogP contribution in [0.1, 0.15) is 27.8 Å². The number of hydrogen-bond donors (Lipinski definition) is 0. The molecular weight excluding hydrogens is 402 g/mol. The molecule has 0 fully saturated rings. The van der Waals surface area contributed by atoms with Crippen molar-refractivity contribution >= 4 is 11.6 Å². The molecule has 0 saturated heterocycles. The molecule has 0 saturated carbocycles. The van der Waals surface area contributed by atoms with Crippen LogP contribution < -0.4 is 0 Å². The highest BCUT2D eigenvalue weighted by Crippen LogP contribution is 2.44. The van der Waals surface area contributed by atoms with Gasteiger partial charge in [0.2, 0.25) is 0 Å². The van der Waals surface area contributed by atoms with E-state index in [-0.39, 0.29) is 0 Å². The maximum absolute atomic E-state index is 12.9. The Kier molecular flexibility index (Phi) is 5.19. The second kappa shape index (κ2) is 7.17. The van der Waals surface area contributed by atoms with E-state index in [1.165, 1.54) is 24.3 Å². The van der Waals surface area contributed by atoms with E-state index in [0.29, 0.717) is 16.7 Å². The molecule has 3 aromatic carbocycles. The van der Waals surface area contributed by atoms with Crippen LogP contribution in [0.2, 0.25) is 0 Å². The summed E-state index contributed by atoms with van der Waals surface area (Å²) < 4.78 is 77.3. The Morgan fingerprint density at radius 1 is 0.429 bits per heavy atom. The topological polar surface area (TPSA) is 0 Å². The Morgan fingerprint density at radius 2 is 0.714 bits per heavy atom. The number of rotatable bonds is 3. The van der Waals surface area contributed by atoms with Gasteiger partial charge in [-0.25, -0.2) is 0 Å². The summed E-state index contributed by atoms with van der Waals surface area (Å²) in [5.74, 6) is 0. The molecule has 0 nitrogen and oxygen atoms in total. The van der Waals surface area contributed by atoms with E-state index in [0.717, 1.165) is 24.3 Å². The van der Waals surface area contributed by atoms with Crippen LogP contribution in [0.3, 0.4) is 0 Å². The fraction of sp³-hybridized carbons (Fsp3) is 0.143. The molecule has 0 aliphatic carbocycles. The third-order valence-corrected chi connectivity index (χ3v) is 5.05. The maximum atomic E-state index is 12.9. The highest BCUT2D eigenvalue weighted by atomic mass is 35.5. The second-order valence-corrected chi connectivity index (χ2v) is 6.74. The molecule has 0 aromatic heterocycles. The molecule has 0 heterocycles. The third kappa shape index (κ3) is 3.87. The van der Waals surface area contributed by atoms with Gasteiger partial charge in [0.15, 0.2) is 0 Å². The van der Waals surface area contributed by atoms with Crippen LogP contribution in [-0.2, 0) is 17.2 Å². The van der Waals surface area contributed by atoms with Crippen LogP contribution >= 0.6 is 11.6 Å². The molecule has 0 aliphatic rings. The van der Waals surface area contributed by atoms with E-state index >= 15 is 0 Å². The van der Waals surface area contributed by atoms with Gasteiger partial charge in [0, 0.05) is 0 Å². The summed E-state index contributed by atoms with van der Waals surface area (Å²) in [5.41, 5.74) is -0.524. The fourth-order valence-corrected chi connectivity index (χ4v) is 3.32.